The molecule has 6 heteroatoms. The van der Waals surface area contributed by atoms with Crippen LogP contribution in [0.4, 0.5) is 0 Å². The second-order valence-electron chi connectivity index (χ2n) is 7.01. The molecule has 4 rings (SSSR count). The van der Waals surface area contributed by atoms with Crippen LogP contribution in [-0.2, 0) is 6.54 Å². The van der Waals surface area contributed by atoms with Crippen molar-refractivity contribution in [1.29, 1.82) is 0 Å². The number of nitrogens with zero attached hydrogens (tertiary/aromatic N) is 1. The maximum Gasteiger partial charge on any atom is 0.231 e. The van der Waals surface area contributed by atoms with E-state index in [0.717, 1.165) is 31.1 Å². The van der Waals surface area contributed by atoms with Crippen molar-refractivity contribution in [3.8, 4) is 11.5 Å². The molecular formula is C22H26IN3O2. The van der Waals surface area contributed by atoms with Gasteiger partial charge >= 0.3 is 0 Å². The highest BCUT2D eigenvalue weighted by molar-refractivity contribution is 14.1. The Labute approximate surface area is 180 Å². The topological polar surface area (TPSA) is 45.8 Å². The zero-order valence-corrected chi connectivity index (χ0v) is 18.2. The summed E-state index contributed by atoms with van der Waals surface area (Å²) in [5.74, 6) is 1.67. The van der Waals surface area contributed by atoms with Crippen LogP contribution in [0.3, 0.4) is 0 Å². The third kappa shape index (κ3) is 4.22. The number of unbranched alkanes of at least 4 members (excludes halogenated alkanes) is 1. The van der Waals surface area contributed by atoms with Crippen LogP contribution in [0.1, 0.15) is 30.9 Å². The smallest absolute Gasteiger partial charge is 0.231 e. The third-order valence-electron chi connectivity index (χ3n) is 5.05. The summed E-state index contributed by atoms with van der Waals surface area (Å²) in [6.07, 6.45) is 2.38. The van der Waals surface area contributed by atoms with Crippen molar-refractivity contribution >= 4 is 28.3 Å². The average Bonchev–Trinajstić information content (AvgIpc) is 3.31. The lowest BCUT2D eigenvalue weighted by atomic mass is 10.1. The van der Waals surface area contributed by atoms with Gasteiger partial charge in [-0.25, -0.2) is 0 Å². The zero-order valence-electron chi connectivity index (χ0n) is 16.1. The second-order valence-corrected chi connectivity index (χ2v) is 8.19. The molecule has 148 valence electrons. The highest BCUT2D eigenvalue weighted by Crippen LogP contribution is 2.33. The molecule has 2 heterocycles. The molecular weight excluding hydrogens is 465 g/mol. The predicted octanol–water partition coefficient (Wildman–Crippen LogP) is 4.30. The Kier molecular flexibility index (Phi) is 6.26. The van der Waals surface area contributed by atoms with Gasteiger partial charge in [0.15, 0.2) is 15.7 Å². The Morgan fingerprint density at radius 3 is 2.75 bits per heavy atom. The van der Waals surface area contributed by atoms with E-state index in [9.17, 15) is 0 Å². The molecule has 2 aromatic carbocycles. The third-order valence-corrected chi connectivity index (χ3v) is 6.03. The fraction of sp³-hybridized carbons (Fsp3) is 0.364. The minimum atomic E-state index is 0.279. The summed E-state index contributed by atoms with van der Waals surface area (Å²) >= 11 is 2.49. The molecule has 0 bridgehead atoms. The second kappa shape index (κ2) is 9.05. The number of hydrogen-bond acceptors (Lipinski definition) is 5. The number of halogens is 1. The lowest BCUT2D eigenvalue weighted by Gasteiger charge is -2.25. The minimum Gasteiger partial charge on any atom is -0.454 e. The van der Waals surface area contributed by atoms with Crippen LogP contribution < -0.4 is 20.1 Å². The van der Waals surface area contributed by atoms with Crippen molar-refractivity contribution in [1.82, 2.24) is 15.5 Å². The number of alkyl halides is 1. The molecule has 2 aliphatic heterocycles. The van der Waals surface area contributed by atoms with Crippen LogP contribution in [0.5, 0.6) is 11.5 Å². The van der Waals surface area contributed by atoms with E-state index in [1.54, 1.807) is 0 Å². The Bertz CT molecular complexity index is 841. The van der Waals surface area contributed by atoms with Gasteiger partial charge in [-0.2, -0.15) is 0 Å². The molecule has 1 unspecified atom stereocenters. The lowest BCUT2D eigenvalue weighted by molar-refractivity contribution is 0.174. The lowest BCUT2D eigenvalue weighted by Crippen LogP contribution is -2.35. The van der Waals surface area contributed by atoms with Crippen molar-refractivity contribution in [3.05, 3.63) is 65.4 Å². The summed E-state index contributed by atoms with van der Waals surface area (Å²) < 4.78 is 11.2. The molecule has 0 radical (unpaired) electrons. The van der Waals surface area contributed by atoms with Gasteiger partial charge in [0.2, 0.25) is 6.79 Å². The predicted molar refractivity (Wildman–Crippen MR) is 120 cm³/mol. The summed E-state index contributed by atoms with van der Waals surface area (Å²) in [5, 5.41) is 7.30. The van der Waals surface area contributed by atoms with Gasteiger partial charge in [0.25, 0.3) is 0 Å². The zero-order chi connectivity index (χ0) is 19.3. The van der Waals surface area contributed by atoms with Gasteiger partial charge in [-0.15, -0.1) is 0 Å². The van der Waals surface area contributed by atoms with E-state index < -0.39 is 0 Å². The van der Waals surface area contributed by atoms with Crippen LogP contribution >= 0.6 is 22.6 Å². The average molecular weight is 491 g/mol. The Morgan fingerprint density at radius 2 is 1.93 bits per heavy atom. The Balaban J connectivity index is 1.49. The van der Waals surface area contributed by atoms with Crippen molar-refractivity contribution in [2.24, 2.45) is 0 Å². The molecule has 0 amide bonds. The van der Waals surface area contributed by atoms with Crippen molar-refractivity contribution in [2.75, 3.05) is 19.9 Å². The quantitative estimate of drug-likeness (QED) is 0.328. The van der Waals surface area contributed by atoms with Gasteiger partial charge in [-0.1, -0.05) is 49.7 Å². The van der Waals surface area contributed by atoms with Gasteiger partial charge < -0.3 is 25.0 Å². The SMILES string of the molecule is CCCCN1C(CNCc2ccc3c(c2)OCO3)=C(c2ccccc2)NC1I. The van der Waals surface area contributed by atoms with Crippen molar-refractivity contribution in [2.45, 2.75) is 30.5 Å². The molecule has 28 heavy (non-hydrogen) atoms. The van der Waals surface area contributed by atoms with E-state index in [1.807, 2.05) is 6.07 Å². The maximum atomic E-state index is 5.49. The van der Waals surface area contributed by atoms with Crippen molar-refractivity contribution in [3.63, 3.8) is 0 Å². The van der Waals surface area contributed by atoms with Crippen LogP contribution in [0, 0.1) is 0 Å². The van der Waals surface area contributed by atoms with Crippen molar-refractivity contribution < 1.29 is 9.47 Å². The molecule has 2 N–H and O–H groups in total. The number of fused-ring (bicyclic) bond motifs is 1. The summed E-state index contributed by atoms with van der Waals surface area (Å²) in [5.41, 5.74) is 5.00. The molecule has 0 aromatic heterocycles. The van der Waals surface area contributed by atoms with Crippen LogP contribution in [0.2, 0.25) is 0 Å². The first-order valence-corrected chi connectivity index (χ1v) is 11.1. The van der Waals surface area contributed by atoms with Crippen LogP contribution in [-0.4, -0.2) is 29.0 Å². The Morgan fingerprint density at radius 1 is 1.11 bits per heavy atom. The van der Waals surface area contributed by atoms with Gasteiger partial charge in [0, 0.05) is 19.6 Å². The first-order valence-electron chi connectivity index (χ1n) is 9.81. The van der Waals surface area contributed by atoms with Gasteiger partial charge in [-0.05, 0) is 52.3 Å². The molecule has 2 aromatic rings. The molecule has 0 aliphatic carbocycles. The number of ether oxygens (including phenoxy) is 2. The normalized spacial score (nSPS) is 17.9. The fourth-order valence-corrected chi connectivity index (χ4v) is 4.48. The minimum absolute atomic E-state index is 0.279. The highest BCUT2D eigenvalue weighted by Gasteiger charge is 2.29. The summed E-state index contributed by atoms with van der Waals surface area (Å²) in [6.45, 7) is 5.22. The van der Waals surface area contributed by atoms with E-state index in [0.29, 0.717) is 6.79 Å². The van der Waals surface area contributed by atoms with E-state index in [-0.39, 0.29) is 4.17 Å². The van der Waals surface area contributed by atoms with Crippen LogP contribution in [0.25, 0.3) is 5.70 Å². The van der Waals surface area contributed by atoms with Gasteiger partial charge in [0.1, 0.15) is 0 Å². The number of hydrogen-bond donors (Lipinski definition) is 2. The highest BCUT2D eigenvalue weighted by atomic mass is 127. The first-order chi connectivity index (χ1) is 13.8. The monoisotopic (exact) mass is 491 g/mol. The molecule has 0 saturated heterocycles. The van der Waals surface area contributed by atoms with Crippen LogP contribution in [0.15, 0.2) is 54.2 Å². The fourth-order valence-electron chi connectivity index (χ4n) is 3.56. The molecule has 0 spiro atoms. The van der Waals surface area contributed by atoms with E-state index in [4.69, 9.17) is 9.47 Å². The largest absolute Gasteiger partial charge is 0.454 e. The van der Waals surface area contributed by atoms with Gasteiger partial charge in [-0.3, -0.25) is 0 Å². The standard InChI is InChI=1S/C22H26IN3O2/c1-2-3-11-26-18(21(25-22(26)23)17-7-5-4-6-8-17)14-24-13-16-9-10-19-20(12-16)28-15-27-19/h4-10,12,22,24-25H,2-3,11,13-15H2,1H3. The molecule has 5 nitrogen and oxygen atoms in total. The number of benzene rings is 2. The Hall–Kier alpha value is -1.93. The summed E-state index contributed by atoms with van der Waals surface area (Å²) in [6, 6.07) is 16.7. The molecule has 1 atom stereocenters. The molecule has 0 saturated carbocycles. The van der Waals surface area contributed by atoms with E-state index in [2.05, 4.69) is 87.5 Å². The van der Waals surface area contributed by atoms with E-state index in [1.165, 1.54) is 35.4 Å². The molecule has 2 aliphatic rings. The first kappa shape index (κ1) is 19.4. The number of nitrogens with one attached hydrogen (secondary N) is 2. The van der Waals surface area contributed by atoms with Gasteiger partial charge in [0.05, 0.1) is 11.4 Å². The number of rotatable bonds is 8. The summed E-state index contributed by atoms with van der Waals surface area (Å²) in [7, 11) is 0. The summed E-state index contributed by atoms with van der Waals surface area (Å²) in [4.78, 5) is 2.49. The molecule has 0 fully saturated rings. The van der Waals surface area contributed by atoms with E-state index >= 15 is 0 Å². The maximum absolute atomic E-state index is 5.49.